The summed E-state index contributed by atoms with van der Waals surface area (Å²) in [6.07, 6.45) is 6.69. The van der Waals surface area contributed by atoms with Gasteiger partial charge >= 0.3 is 0 Å². The Hall–Kier alpha value is -0.780. The average molecular weight is 376 g/mol. The minimum atomic E-state index is -0.702. The molecule has 23 heavy (non-hydrogen) atoms. The molecule has 0 radical (unpaired) electrons. The van der Waals surface area contributed by atoms with Crippen molar-refractivity contribution < 1.29 is 9.47 Å². The van der Waals surface area contributed by atoms with E-state index < -0.39 is 5.79 Å². The molecule has 0 amide bonds. The van der Waals surface area contributed by atoms with Gasteiger partial charge in [0.15, 0.2) is 5.79 Å². The van der Waals surface area contributed by atoms with Crippen LogP contribution in [0.3, 0.4) is 0 Å². The van der Waals surface area contributed by atoms with Gasteiger partial charge in [-0.2, -0.15) is 0 Å². The summed E-state index contributed by atoms with van der Waals surface area (Å²) in [7, 11) is 0. The van der Waals surface area contributed by atoms with Crippen LogP contribution < -0.4 is 0 Å². The highest BCUT2D eigenvalue weighted by molar-refractivity contribution is 6.39. The largest absolute Gasteiger partial charge is 0.345 e. The molecule has 2 heterocycles. The van der Waals surface area contributed by atoms with Crippen LogP contribution in [-0.4, -0.2) is 28.0 Å². The number of rotatable bonds is 5. The van der Waals surface area contributed by atoms with Crippen LogP contribution in [0.15, 0.2) is 30.9 Å². The SMILES string of the molecule is CC1COC(CCc2c(Cl)cc(Cl)cc2Cl)(Cn2ccnc2)O1. The van der Waals surface area contributed by atoms with Gasteiger partial charge in [-0.25, -0.2) is 4.98 Å². The fraction of sp³-hybridized carbons (Fsp3) is 0.438. The molecule has 1 fully saturated rings. The highest BCUT2D eigenvalue weighted by Gasteiger charge is 2.40. The van der Waals surface area contributed by atoms with Gasteiger partial charge in [0.25, 0.3) is 0 Å². The first-order valence-corrected chi connectivity index (χ1v) is 8.52. The third-order valence-electron chi connectivity index (χ3n) is 3.84. The van der Waals surface area contributed by atoms with E-state index in [2.05, 4.69) is 4.98 Å². The Morgan fingerprint density at radius 1 is 1.30 bits per heavy atom. The number of nitrogens with zero attached hydrogens (tertiary/aromatic N) is 2. The van der Waals surface area contributed by atoms with Gasteiger partial charge in [-0.15, -0.1) is 0 Å². The Labute approximate surface area is 150 Å². The van der Waals surface area contributed by atoms with Crippen LogP contribution in [0, 0.1) is 0 Å². The highest BCUT2D eigenvalue weighted by Crippen LogP contribution is 2.35. The van der Waals surface area contributed by atoms with E-state index in [1.54, 1.807) is 24.7 Å². The highest BCUT2D eigenvalue weighted by atomic mass is 35.5. The van der Waals surface area contributed by atoms with Crippen molar-refractivity contribution in [2.24, 2.45) is 0 Å². The van der Waals surface area contributed by atoms with Crippen molar-refractivity contribution >= 4 is 34.8 Å². The Kier molecular flexibility index (Phi) is 5.19. The molecule has 1 aliphatic heterocycles. The van der Waals surface area contributed by atoms with Gasteiger partial charge in [-0.1, -0.05) is 34.8 Å². The maximum Gasteiger partial charge on any atom is 0.187 e. The molecule has 1 saturated heterocycles. The van der Waals surface area contributed by atoms with Gasteiger partial charge in [0, 0.05) is 33.9 Å². The molecule has 2 aromatic rings. The molecule has 1 aromatic heterocycles. The maximum absolute atomic E-state index is 6.27. The lowest BCUT2D eigenvalue weighted by molar-refractivity contribution is -0.180. The second-order valence-corrected chi connectivity index (χ2v) is 6.98. The van der Waals surface area contributed by atoms with Gasteiger partial charge in [0.05, 0.1) is 25.6 Å². The van der Waals surface area contributed by atoms with E-state index in [4.69, 9.17) is 44.3 Å². The van der Waals surface area contributed by atoms with Gasteiger partial charge in [-0.3, -0.25) is 0 Å². The maximum atomic E-state index is 6.27. The van der Waals surface area contributed by atoms with Gasteiger partial charge in [0.1, 0.15) is 0 Å². The lowest BCUT2D eigenvalue weighted by Gasteiger charge is -2.28. The molecule has 1 aliphatic rings. The second kappa shape index (κ2) is 6.99. The molecule has 0 spiro atoms. The first-order valence-electron chi connectivity index (χ1n) is 7.38. The van der Waals surface area contributed by atoms with E-state index in [1.165, 1.54) is 0 Å². The molecule has 124 valence electrons. The smallest absolute Gasteiger partial charge is 0.187 e. The second-order valence-electron chi connectivity index (χ2n) is 5.73. The summed E-state index contributed by atoms with van der Waals surface area (Å²) < 4.78 is 14.0. The zero-order valence-electron chi connectivity index (χ0n) is 12.6. The van der Waals surface area contributed by atoms with Crippen LogP contribution in [0.1, 0.15) is 18.9 Å². The van der Waals surface area contributed by atoms with Crippen LogP contribution in [0.4, 0.5) is 0 Å². The minimum Gasteiger partial charge on any atom is -0.345 e. The van der Waals surface area contributed by atoms with E-state index in [0.29, 0.717) is 41.1 Å². The number of imidazole rings is 1. The fourth-order valence-electron chi connectivity index (χ4n) is 2.78. The monoisotopic (exact) mass is 374 g/mol. The molecule has 7 heteroatoms. The summed E-state index contributed by atoms with van der Waals surface area (Å²) in [5, 5.41) is 1.65. The van der Waals surface area contributed by atoms with Crippen molar-refractivity contribution in [1.29, 1.82) is 0 Å². The zero-order valence-corrected chi connectivity index (χ0v) is 14.9. The molecule has 0 saturated carbocycles. The molecule has 2 unspecified atom stereocenters. The number of ether oxygens (including phenoxy) is 2. The number of aromatic nitrogens is 2. The molecule has 0 bridgehead atoms. The van der Waals surface area contributed by atoms with Crippen molar-refractivity contribution in [3.05, 3.63) is 51.5 Å². The molecule has 4 nitrogen and oxygen atoms in total. The van der Waals surface area contributed by atoms with Crippen LogP contribution in [0.2, 0.25) is 15.1 Å². The Morgan fingerprint density at radius 3 is 2.61 bits per heavy atom. The van der Waals surface area contributed by atoms with Gasteiger partial charge in [-0.05, 0) is 31.0 Å². The summed E-state index contributed by atoms with van der Waals surface area (Å²) in [6, 6.07) is 3.40. The fourth-order valence-corrected chi connectivity index (χ4v) is 3.79. The molecule has 3 rings (SSSR count). The number of hydrogen-bond donors (Lipinski definition) is 0. The van der Waals surface area contributed by atoms with E-state index in [9.17, 15) is 0 Å². The number of benzene rings is 1. The molecule has 2 atom stereocenters. The number of hydrogen-bond acceptors (Lipinski definition) is 3. The normalized spacial score (nSPS) is 24.3. The summed E-state index contributed by atoms with van der Waals surface area (Å²) in [5.41, 5.74) is 0.856. The molecule has 0 N–H and O–H groups in total. The zero-order chi connectivity index (χ0) is 16.4. The molecule has 0 aliphatic carbocycles. The average Bonchev–Trinajstić information content (AvgIpc) is 3.08. The standard InChI is InChI=1S/C16H17Cl3N2O2/c1-11-8-22-16(23-11,9-21-5-4-20-10-21)3-2-13-14(18)6-12(17)7-15(13)19/h4-7,10-11H,2-3,8-9H2,1H3. The van der Waals surface area contributed by atoms with Crippen molar-refractivity contribution in [2.45, 2.75) is 38.2 Å². The van der Waals surface area contributed by atoms with Crippen LogP contribution in [-0.2, 0) is 22.4 Å². The van der Waals surface area contributed by atoms with Crippen molar-refractivity contribution in [1.82, 2.24) is 9.55 Å². The quantitative estimate of drug-likeness (QED) is 0.766. The molecule has 1 aromatic carbocycles. The first-order chi connectivity index (χ1) is 11.0. The Bertz CT molecular complexity index is 655. The van der Waals surface area contributed by atoms with E-state index in [-0.39, 0.29) is 6.10 Å². The summed E-state index contributed by atoms with van der Waals surface area (Å²) in [5.74, 6) is -0.702. The van der Waals surface area contributed by atoms with Crippen LogP contribution >= 0.6 is 34.8 Å². The van der Waals surface area contributed by atoms with Gasteiger partial charge < -0.3 is 14.0 Å². The van der Waals surface area contributed by atoms with Crippen LogP contribution in [0.5, 0.6) is 0 Å². The predicted octanol–water partition coefficient (Wildman–Crippen LogP) is 4.61. The lowest BCUT2D eigenvalue weighted by Crippen LogP contribution is -2.36. The third-order valence-corrected chi connectivity index (χ3v) is 4.73. The predicted molar refractivity (Wildman–Crippen MR) is 91.3 cm³/mol. The molecular weight excluding hydrogens is 359 g/mol. The lowest BCUT2D eigenvalue weighted by atomic mass is 10.0. The first kappa shape index (κ1) is 17.1. The summed E-state index contributed by atoms with van der Waals surface area (Å²) in [4.78, 5) is 4.07. The summed E-state index contributed by atoms with van der Waals surface area (Å²) >= 11 is 18.5. The minimum absolute atomic E-state index is 0.0506. The molecular formula is C16H17Cl3N2O2. The van der Waals surface area contributed by atoms with Crippen molar-refractivity contribution in [3.8, 4) is 0 Å². The van der Waals surface area contributed by atoms with E-state index in [0.717, 1.165) is 5.56 Å². The third kappa shape index (κ3) is 4.01. The van der Waals surface area contributed by atoms with Gasteiger partial charge in [0.2, 0.25) is 0 Å². The summed E-state index contributed by atoms with van der Waals surface area (Å²) in [6.45, 7) is 3.13. The number of halogens is 3. The van der Waals surface area contributed by atoms with Crippen molar-refractivity contribution in [2.75, 3.05) is 6.61 Å². The Morgan fingerprint density at radius 2 is 2.04 bits per heavy atom. The van der Waals surface area contributed by atoms with E-state index in [1.807, 2.05) is 17.7 Å². The van der Waals surface area contributed by atoms with E-state index >= 15 is 0 Å². The van der Waals surface area contributed by atoms with Crippen molar-refractivity contribution in [3.63, 3.8) is 0 Å². The van der Waals surface area contributed by atoms with Crippen LogP contribution in [0.25, 0.3) is 0 Å². The Balaban J connectivity index is 1.77. The topological polar surface area (TPSA) is 36.3 Å².